The number of thioether (sulfide) groups is 1. The molecule has 74 valence electrons. The van der Waals surface area contributed by atoms with Crippen LogP contribution in [0.1, 0.15) is 0 Å². The largest absolute Gasteiger partial charge is 0.279 e. The van der Waals surface area contributed by atoms with Gasteiger partial charge in [0.15, 0.2) is 0 Å². The van der Waals surface area contributed by atoms with Gasteiger partial charge in [-0.05, 0) is 12.1 Å². The fourth-order valence-corrected chi connectivity index (χ4v) is 1.60. The number of pyridine rings is 1. The second kappa shape index (κ2) is 6.53. The molecule has 1 heterocycles. The van der Waals surface area contributed by atoms with Gasteiger partial charge in [0.05, 0.1) is 12.8 Å². The predicted molar refractivity (Wildman–Crippen MR) is 62.0 cm³/mol. The first-order valence-corrected chi connectivity index (χ1v) is 5.23. The highest BCUT2D eigenvalue weighted by atomic mass is 32.2. The molecule has 0 aliphatic carbocycles. The fraction of sp³-hybridized carbons (Fsp3) is 0.111. The van der Waals surface area contributed by atoms with E-state index in [-0.39, 0.29) is 0 Å². The van der Waals surface area contributed by atoms with Gasteiger partial charge in [-0.15, -0.1) is 0 Å². The highest BCUT2D eigenvalue weighted by Gasteiger charge is 1.92. The third kappa shape index (κ3) is 3.87. The van der Waals surface area contributed by atoms with E-state index in [0.29, 0.717) is 0 Å². The van der Waals surface area contributed by atoms with Gasteiger partial charge in [-0.25, -0.2) is 0 Å². The van der Waals surface area contributed by atoms with Crippen LogP contribution in [0.3, 0.4) is 0 Å². The lowest BCUT2D eigenvalue weighted by Gasteiger charge is -2.01. The maximum Gasteiger partial charge on any atom is 0.0778 e. The fourth-order valence-electron chi connectivity index (χ4n) is 0.742. The molecule has 0 saturated heterocycles. The maximum absolute atomic E-state index is 4.79. The minimum absolute atomic E-state index is 0.754. The van der Waals surface area contributed by atoms with Crippen molar-refractivity contribution in [3.05, 3.63) is 35.6 Å². The van der Waals surface area contributed by atoms with E-state index >= 15 is 0 Å². The molecule has 1 N–H and O–H groups in total. The number of allylic oxidation sites excluding steroid dienone is 1. The Morgan fingerprint density at radius 2 is 2.29 bits per heavy atom. The van der Waals surface area contributed by atoms with E-state index in [1.807, 2.05) is 17.5 Å². The summed E-state index contributed by atoms with van der Waals surface area (Å²) in [5, 5.41) is 3.41. The van der Waals surface area contributed by atoms with Crippen molar-refractivity contribution in [2.45, 2.75) is 4.90 Å². The van der Waals surface area contributed by atoms with Crippen LogP contribution in [0.4, 0.5) is 0 Å². The summed E-state index contributed by atoms with van der Waals surface area (Å²) in [5.41, 5.74) is 3.42. The topological polar surface area (TPSA) is 34.1 Å². The number of rotatable bonds is 5. The Bertz CT molecular complexity index is 314. The number of hydrogen-bond donors (Lipinski definition) is 1. The average Bonchev–Trinajstić information content (AvgIpc) is 2.25. The standard InChI is InChI=1S/C9H10N2OS2/c1-12-11-8(6-13)7-14-9-2-4-10-5-3-9/h2-7,11H,1H3. The average molecular weight is 226 g/mol. The predicted octanol–water partition coefficient (Wildman–Crippen LogP) is 2.17. The summed E-state index contributed by atoms with van der Waals surface area (Å²) in [5.74, 6) is 0. The van der Waals surface area contributed by atoms with Gasteiger partial charge >= 0.3 is 0 Å². The van der Waals surface area contributed by atoms with E-state index in [9.17, 15) is 0 Å². The van der Waals surface area contributed by atoms with Crippen LogP contribution < -0.4 is 5.48 Å². The van der Waals surface area contributed by atoms with Crippen molar-refractivity contribution in [2.24, 2.45) is 0 Å². The molecule has 0 bridgehead atoms. The highest BCUT2D eigenvalue weighted by molar-refractivity contribution is 8.02. The van der Waals surface area contributed by atoms with Crippen molar-refractivity contribution in [2.75, 3.05) is 7.11 Å². The summed E-state index contributed by atoms with van der Waals surface area (Å²) >= 11 is 6.34. The zero-order valence-electron chi connectivity index (χ0n) is 7.64. The molecule has 5 heteroatoms. The molecular weight excluding hydrogens is 216 g/mol. The quantitative estimate of drug-likeness (QED) is 0.360. The molecule has 0 amide bonds. The Balaban J connectivity index is 2.56. The zero-order valence-corrected chi connectivity index (χ0v) is 9.27. The molecule has 14 heavy (non-hydrogen) atoms. The Morgan fingerprint density at radius 1 is 1.57 bits per heavy atom. The number of thiocarbonyl (C=S) groups is 1. The van der Waals surface area contributed by atoms with Gasteiger partial charge in [-0.3, -0.25) is 15.3 Å². The number of nitrogens with zero attached hydrogens (tertiary/aromatic N) is 1. The maximum atomic E-state index is 4.79. The lowest BCUT2D eigenvalue weighted by molar-refractivity contribution is 0.124. The first kappa shape index (κ1) is 11.2. The molecule has 3 nitrogen and oxygen atoms in total. The summed E-state index contributed by atoms with van der Waals surface area (Å²) in [7, 11) is 1.55. The van der Waals surface area contributed by atoms with Crippen molar-refractivity contribution in [1.29, 1.82) is 0 Å². The SMILES string of the molecule is CONC(C=S)=CSc1ccncc1. The van der Waals surface area contributed by atoms with E-state index in [1.165, 1.54) is 5.37 Å². The van der Waals surface area contributed by atoms with Crippen LogP contribution in [-0.4, -0.2) is 17.5 Å². The van der Waals surface area contributed by atoms with Crippen LogP contribution in [0.15, 0.2) is 40.5 Å². The third-order valence-corrected chi connectivity index (χ3v) is 2.49. The molecule has 0 unspecified atom stereocenters. The molecule has 0 atom stereocenters. The molecule has 1 aromatic rings. The van der Waals surface area contributed by atoms with Gasteiger partial charge in [-0.2, -0.15) is 0 Å². The first-order chi connectivity index (χ1) is 6.86. The van der Waals surface area contributed by atoms with E-state index in [2.05, 4.69) is 10.5 Å². The number of hydroxylamine groups is 1. The van der Waals surface area contributed by atoms with Gasteiger partial charge in [0, 0.05) is 28.1 Å². The Labute approximate surface area is 92.5 Å². The number of nitrogens with one attached hydrogen (secondary N) is 1. The highest BCUT2D eigenvalue weighted by Crippen LogP contribution is 2.18. The Kier molecular flexibility index (Phi) is 5.21. The molecule has 1 rings (SSSR count). The lowest BCUT2D eigenvalue weighted by Crippen LogP contribution is -2.10. The monoisotopic (exact) mass is 226 g/mol. The van der Waals surface area contributed by atoms with E-state index < -0.39 is 0 Å². The van der Waals surface area contributed by atoms with Crippen molar-refractivity contribution < 1.29 is 4.84 Å². The van der Waals surface area contributed by atoms with Crippen molar-refractivity contribution in [1.82, 2.24) is 10.5 Å². The minimum atomic E-state index is 0.754. The number of hydrogen-bond acceptors (Lipinski definition) is 5. The van der Waals surface area contributed by atoms with Crippen LogP contribution in [0, 0.1) is 0 Å². The second-order valence-electron chi connectivity index (χ2n) is 2.30. The van der Waals surface area contributed by atoms with Crippen LogP contribution in [0.25, 0.3) is 0 Å². The number of aromatic nitrogens is 1. The molecule has 0 aromatic carbocycles. The summed E-state index contributed by atoms with van der Waals surface area (Å²) < 4.78 is 0. The second-order valence-corrected chi connectivity index (χ2v) is 3.48. The molecule has 0 spiro atoms. The van der Waals surface area contributed by atoms with E-state index in [4.69, 9.17) is 17.1 Å². The van der Waals surface area contributed by atoms with E-state index in [0.717, 1.165) is 10.6 Å². The lowest BCUT2D eigenvalue weighted by atomic mass is 10.5. The molecule has 0 saturated carbocycles. The molecule has 1 aromatic heterocycles. The van der Waals surface area contributed by atoms with Gasteiger partial charge in [0.1, 0.15) is 0 Å². The zero-order chi connectivity index (χ0) is 10.2. The van der Waals surface area contributed by atoms with Crippen molar-refractivity contribution in [3.8, 4) is 0 Å². The molecule has 0 aliphatic rings. The molecular formula is C9H10N2OS2. The van der Waals surface area contributed by atoms with Gasteiger partial charge in [0.25, 0.3) is 0 Å². The van der Waals surface area contributed by atoms with Crippen LogP contribution in [0.5, 0.6) is 0 Å². The summed E-state index contributed by atoms with van der Waals surface area (Å²) in [6, 6.07) is 3.85. The summed E-state index contributed by atoms with van der Waals surface area (Å²) in [4.78, 5) is 9.77. The molecule has 0 aliphatic heterocycles. The first-order valence-electron chi connectivity index (χ1n) is 3.88. The molecule has 0 radical (unpaired) electrons. The van der Waals surface area contributed by atoms with Gasteiger partial charge in [-0.1, -0.05) is 24.0 Å². The minimum Gasteiger partial charge on any atom is -0.279 e. The normalized spacial score (nSPS) is 11.1. The Morgan fingerprint density at radius 3 is 2.86 bits per heavy atom. The van der Waals surface area contributed by atoms with Crippen LogP contribution in [0.2, 0.25) is 0 Å². The van der Waals surface area contributed by atoms with E-state index in [1.54, 1.807) is 31.3 Å². The molecule has 0 fully saturated rings. The van der Waals surface area contributed by atoms with Gasteiger partial charge in [0.2, 0.25) is 0 Å². The van der Waals surface area contributed by atoms with Crippen molar-refractivity contribution in [3.63, 3.8) is 0 Å². The summed E-state index contributed by atoms with van der Waals surface area (Å²) in [6.45, 7) is 0. The smallest absolute Gasteiger partial charge is 0.0778 e. The van der Waals surface area contributed by atoms with Crippen molar-refractivity contribution >= 4 is 29.3 Å². The van der Waals surface area contributed by atoms with Gasteiger partial charge < -0.3 is 0 Å². The van der Waals surface area contributed by atoms with Crippen LogP contribution in [-0.2, 0) is 4.84 Å². The Hall–Kier alpha value is -0.910. The van der Waals surface area contributed by atoms with Crippen LogP contribution >= 0.6 is 24.0 Å². The summed E-state index contributed by atoms with van der Waals surface area (Å²) in [6.07, 6.45) is 3.49. The third-order valence-electron chi connectivity index (χ3n) is 1.32.